The van der Waals surface area contributed by atoms with Gasteiger partial charge in [-0.15, -0.1) is 0 Å². The predicted molar refractivity (Wildman–Crippen MR) is 68.8 cm³/mol. The number of aliphatic hydroxyl groups is 1. The van der Waals surface area contributed by atoms with E-state index in [9.17, 15) is 5.11 Å². The third kappa shape index (κ3) is 7.02. The zero-order valence-corrected chi connectivity index (χ0v) is 11.7. The fraction of sp³-hybridized carbons (Fsp3) is 1.00. The molecule has 0 saturated carbocycles. The number of rotatable bonds is 6. The lowest BCUT2D eigenvalue weighted by atomic mass is 9.95. The molecule has 1 rings (SSSR count). The van der Waals surface area contributed by atoms with Crippen molar-refractivity contribution in [3.05, 3.63) is 0 Å². The molecular weight excluding hydrogens is 216 g/mol. The summed E-state index contributed by atoms with van der Waals surface area (Å²) in [4.78, 5) is 0. The standard InChI is InChI=1S/C14H28O3/c1-11(6-5-8-14(3,4)15)10-13-16-9-7-12(2)17-13/h11-13,15H,5-10H2,1-4H3/t11-,12-,13-/m0/s1. The summed E-state index contributed by atoms with van der Waals surface area (Å²) < 4.78 is 11.3. The van der Waals surface area contributed by atoms with Gasteiger partial charge in [0.1, 0.15) is 0 Å². The lowest BCUT2D eigenvalue weighted by molar-refractivity contribution is -0.214. The first-order chi connectivity index (χ1) is 7.87. The normalized spacial score (nSPS) is 28.1. The molecule has 3 atom stereocenters. The van der Waals surface area contributed by atoms with Gasteiger partial charge >= 0.3 is 0 Å². The van der Waals surface area contributed by atoms with Gasteiger partial charge < -0.3 is 14.6 Å². The van der Waals surface area contributed by atoms with Gasteiger partial charge in [0.25, 0.3) is 0 Å². The van der Waals surface area contributed by atoms with Crippen molar-refractivity contribution in [2.75, 3.05) is 6.61 Å². The van der Waals surface area contributed by atoms with E-state index in [1.807, 2.05) is 13.8 Å². The van der Waals surface area contributed by atoms with E-state index in [1.165, 1.54) is 0 Å². The molecule has 0 aromatic heterocycles. The average molecular weight is 244 g/mol. The van der Waals surface area contributed by atoms with Crippen LogP contribution in [0.25, 0.3) is 0 Å². The summed E-state index contributed by atoms with van der Waals surface area (Å²) in [7, 11) is 0. The van der Waals surface area contributed by atoms with Crippen LogP contribution in [0.2, 0.25) is 0 Å². The predicted octanol–water partition coefficient (Wildman–Crippen LogP) is 3.11. The second-order valence-corrected chi connectivity index (χ2v) is 6.08. The highest BCUT2D eigenvalue weighted by molar-refractivity contribution is 4.67. The van der Waals surface area contributed by atoms with Gasteiger partial charge in [0, 0.05) is 6.42 Å². The van der Waals surface area contributed by atoms with Gasteiger partial charge in [0.2, 0.25) is 0 Å². The van der Waals surface area contributed by atoms with Crippen molar-refractivity contribution in [3.63, 3.8) is 0 Å². The highest BCUT2D eigenvalue weighted by Gasteiger charge is 2.22. The smallest absolute Gasteiger partial charge is 0.158 e. The second-order valence-electron chi connectivity index (χ2n) is 6.08. The minimum absolute atomic E-state index is 0.0177. The Morgan fingerprint density at radius 1 is 1.41 bits per heavy atom. The molecule has 0 bridgehead atoms. The molecule has 0 aliphatic carbocycles. The van der Waals surface area contributed by atoms with Gasteiger partial charge in [-0.05, 0) is 39.5 Å². The van der Waals surface area contributed by atoms with Gasteiger partial charge in [0.05, 0.1) is 18.3 Å². The molecule has 0 spiro atoms. The second kappa shape index (κ2) is 6.72. The van der Waals surface area contributed by atoms with Gasteiger partial charge in [0.15, 0.2) is 6.29 Å². The van der Waals surface area contributed by atoms with E-state index in [1.54, 1.807) is 0 Å². The Morgan fingerprint density at radius 3 is 2.71 bits per heavy atom. The minimum Gasteiger partial charge on any atom is -0.390 e. The van der Waals surface area contributed by atoms with Crippen LogP contribution in [-0.2, 0) is 9.47 Å². The first-order valence-corrected chi connectivity index (χ1v) is 6.86. The van der Waals surface area contributed by atoms with Gasteiger partial charge in [-0.3, -0.25) is 0 Å². The minimum atomic E-state index is -0.536. The van der Waals surface area contributed by atoms with Crippen molar-refractivity contribution in [1.82, 2.24) is 0 Å². The van der Waals surface area contributed by atoms with Crippen molar-refractivity contribution >= 4 is 0 Å². The zero-order chi connectivity index (χ0) is 12.9. The molecule has 102 valence electrons. The molecule has 1 saturated heterocycles. The number of hydrogen-bond donors (Lipinski definition) is 1. The topological polar surface area (TPSA) is 38.7 Å². The fourth-order valence-electron chi connectivity index (χ4n) is 2.18. The Balaban J connectivity index is 2.13. The Kier molecular flexibility index (Phi) is 5.90. The quantitative estimate of drug-likeness (QED) is 0.780. The Hall–Kier alpha value is -0.120. The zero-order valence-electron chi connectivity index (χ0n) is 11.7. The van der Waals surface area contributed by atoms with Crippen molar-refractivity contribution < 1.29 is 14.6 Å². The maximum atomic E-state index is 9.64. The summed E-state index contributed by atoms with van der Waals surface area (Å²) in [5.74, 6) is 0.590. The molecule has 1 N–H and O–H groups in total. The van der Waals surface area contributed by atoms with Crippen LogP contribution in [0.5, 0.6) is 0 Å². The van der Waals surface area contributed by atoms with E-state index >= 15 is 0 Å². The van der Waals surface area contributed by atoms with Gasteiger partial charge in [-0.25, -0.2) is 0 Å². The fourth-order valence-corrected chi connectivity index (χ4v) is 2.18. The van der Waals surface area contributed by atoms with E-state index < -0.39 is 5.60 Å². The number of ether oxygens (including phenoxy) is 2. The van der Waals surface area contributed by atoms with Crippen molar-refractivity contribution in [2.24, 2.45) is 5.92 Å². The summed E-state index contributed by atoms with van der Waals surface area (Å²) in [6.07, 6.45) is 5.34. The molecule has 0 amide bonds. The molecule has 0 aromatic rings. The number of hydrogen-bond acceptors (Lipinski definition) is 3. The lowest BCUT2D eigenvalue weighted by Crippen LogP contribution is -2.31. The van der Waals surface area contributed by atoms with E-state index in [2.05, 4.69) is 13.8 Å². The molecule has 17 heavy (non-hydrogen) atoms. The monoisotopic (exact) mass is 244 g/mol. The maximum Gasteiger partial charge on any atom is 0.158 e. The highest BCUT2D eigenvalue weighted by Crippen LogP contribution is 2.23. The molecule has 0 aromatic carbocycles. The molecule has 3 nitrogen and oxygen atoms in total. The average Bonchev–Trinajstić information content (AvgIpc) is 2.15. The van der Waals surface area contributed by atoms with Crippen molar-refractivity contribution in [2.45, 2.75) is 77.8 Å². The maximum absolute atomic E-state index is 9.64. The molecule has 0 radical (unpaired) electrons. The third-order valence-electron chi connectivity index (χ3n) is 3.29. The van der Waals surface area contributed by atoms with E-state index in [-0.39, 0.29) is 6.29 Å². The first kappa shape index (κ1) is 14.9. The van der Waals surface area contributed by atoms with Crippen LogP contribution < -0.4 is 0 Å². The summed E-state index contributed by atoms with van der Waals surface area (Å²) >= 11 is 0. The first-order valence-electron chi connectivity index (χ1n) is 6.86. The van der Waals surface area contributed by atoms with E-state index in [0.29, 0.717) is 12.0 Å². The van der Waals surface area contributed by atoms with Crippen molar-refractivity contribution in [1.29, 1.82) is 0 Å². The molecule has 1 heterocycles. The molecule has 1 aliphatic heterocycles. The van der Waals surface area contributed by atoms with Crippen LogP contribution in [0.1, 0.15) is 59.8 Å². The third-order valence-corrected chi connectivity index (χ3v) is 3.29. The summed E-state index contributed by atoms with van der Waals surface area (Å²) in [6.45, 7) is 8.90. The SMILES string of the molecule is C[C@@H](CCCC(C)(C)O)C[C@H]1OCC[C@H](C)O1. The van der Waals surface area contributed by atoms with Crippen LogP contribution in [-0.4, -0.2) is 29.7 Å². The summed E-state index contributed by atoms with van der Waals surface area (Å²) in [6, 6.07) is 0. The van der Waals surface area contributed by atoms with Crippen LogP contribution in [0.4, 0.5) is 0 Å². The van der Waals surface area contributed by atoms with Crippen molar-refractivity contribution in [3.8, 4) is 0 Å². The Morgan fingerprint density at radius 2 is 2.12 bits per heavy atom. The van der Waals surface area contributed by atoms with Gasteiger partial charge in [-0.2, -0.15) is 0 Å². The largest absolute Gasteiger partial charge is 0.390 e. The van der Waals surface area contributed by atoms with E-state index in [0.717, 1.165) is 38.7 Å². The molecule has 1 aliphatic rings. The summed E-state index contributed by atoms with van der Waals surface area (Å²) in [5, 5.41) is 9.64. The van der Waals surface area contributed by atoms with Crippen LogP contribution in [0.15, 0.2) is 0 Å². The molecule has 1 fully saturated rings. The highest BCUT2D eigenvalue weighted by atomic mass is 16.7. The lowest BCUT2D eigenvalue weighted by Gasteiger charge is -2.30. The van der Waals surface area contributed by atoms with E-state index in [4.69, 9.17) is 9.47 Å². The molecular formula is C14H28O3. The van der Waals surface area contributed by atoms with Gasteiger partial charge in [-0.1, -0.05) is 19.8 Å². The summed E-state index contributed by atoms with van der Waals surface area (Å²) in [5.41, 5.74) is -0.536. The Bertz CT molecular complexity index is 210. The Labute approximate surface area is 105 Å². The molecule has 0 unspecified atom stereocenters. The van der Waals surface area contributed by atoms with Crippen LogP contribution in [0.3, 0.4) is 0 Å². The van der Waals surface area contributed by atoms with Crippen LogP contribution in [0, 0.1) is 5.92 Å². The molecule has 3 heteroatoms. The van der Waals surface area contributed by atoms with Crippen LogP contribution >= 0.6 is 0 Å².